The number of anilines is 1. The van der Waals surface area contributed by atoms with E-state index in [4.69, 9.17) is 14.2 Å². The Morgan fingerprint density at radius 2 is 2.06 bits per heavy atom. The Labute approximate surface area is 179 Å². The summed E-state index contributed by atoms with van der Waals surface area (Å²) in [5.74, 6) is 0.934. The van der Waals surface area contributed by atoms with Crippen LogP contribution in [0.25, 0.3) is 0 Å². The maximum atomic E-state index is 12.5. The molecule has 0 spiro atoms. The molecule has 11 nitrogen and oxygen atoms in total. The Hall–Kier alpha value is -3.47. The van der Waals surface area contributed by atoms with E-state index in [9.17, 15) is 9.59 Å². The standard InChI is InChI=1S/C20H26N6O5/c1-12-9-26(10-13(2)31-12)18(27)11-30-16-6-5-15(7-17(16)29-4)8-21-24-20-22-19(28)14(3)23-25-20/h5-8,12-13H,9-11H2,1-4H3,(H2,22,24,25,28). The van der Waals surface area contributed by atoms with Crippen LogP contribution in [0.15, 0.2) is 28.1 Å². The second-order valence-electron chi connectivity index (χ2n) is 7.21. The van der Waals surface area contributed by atoms with Crippen molar-refractivity contribution >= 4 is 18.1 Å². The van der Waals surface area contributed by atoms with E-state index >= 15 is 0 Å². The number of benzene rings is 1. The average Bonchev–Trinajstić information content (AvgIpc) is 2.74. The number of ether oxygens (including phenoxy) is 3. The Kier molecular flexibility index (Phi) is 7.19. The van der Waals surface area contributed by atoms with Gasteiger partial charge in [-0.25, -0.2) is 5.43 Å². The SMILES string of the molecule is COc1cc(C=NNc2nnc(C)c(=O)[nH]2)ccc1OCC(=O)N1CC(C)OC(C)C1. The summed E-state index contributed by atoms with van der Waals surface area (Å²) >= 11 is 0. The van der Waals surface area contributed by atoms with Gasteiger partial charge in [-0.1, -0.05) is 0 Å². The van der Waals surface area contributed by atoms with E-state index in [1.165, 1.54) is 13.3 Å². The quantitative estimate of drug-likeness (QED) is 0.490. The Bertz CT molecular complexity index is 998. The summed E-state index contributed by atoms with van der Waals surface area (Å²) < 4.78 is 16.7. The van der Waals surface area contributed by atoms with Crippen LogP contribution in [0, 0.1) is 6.92 Å². The van der Waals surface area contributed by atoms with Crippen molar-refractivity contribution in [2.75, 3.05) is 32.2 Å². The van der Waals surface area contributed by atoms with Gasteiger partial charge in [0, 0.05) is 13.1 Å². The number of morpholine rings is 1. The zero-order chi connectivity index (χ0) is 22.4. The molecule has 2 unspecified atom stereocenters. The summed E-state index contributed by atoms with van der Waals surface area (Å²) in [6, 6.07) is 5.18. The van der Waals surface area contributed by atoms with Crippen molar-refractivity contribution in [2.45, 2.75) is 33.0 Å². The second-order valence-corrected chi connectivity index (χ2v) is 7.21. The number of nitrogens with one attached hydrogen (secondary N) is 2. The highest BCUT2D eigenvalue weighted by Gasteiger charge is 2.26. The predicted octanol–water partition coefficient (Wildman–Crippen LogP) is 0.943. The summed E-state index contributed by atoms with van der Waals surface area (Å²) in [4.78, 5) is 28.3. The molecule has 1 amide bonds. The minimum Gasteiger partial charge on any atom is -0.493 e. The van der Waals surface area contributed by atoms with Crippen LogP contribution in [0.3, 0.4) is 0 Å². The summed E-state index contributed by atoms with van der Waals surface area (Å²) in [6.07, 6.45) is 1.52. The number of aromatic amines is 1. The smallest absolute Gasteiger partial charge is 0.274 e. The molecule has 1 aromatic heterocycles. The van der Waals surface area contributed by atoms with Gasteiger partial charge in [0.15, 0.2) is 18.1 Å². The first kappa shape index (κ1) is 22.2. The highest BCUT2D eigenvalue weighted by molar-refractivity contribution is 5.81. The number of methoxy groups -OCH3 is 1. The molecule has 31 heavy (non-hydrogen) atoms. The van der Waals surface area contributed by atoms with E-state index in [0.717, 1.165) is 0 Å². The van der Waals surface area contributed by atoms with Gasteiger partial charge in [0.2, 0.25) is 5.95 Å². The third kappa shape index (κ3) is 6.01. The molecule has 11 heteroatoms. The molecular formula is C20H26N6O5. The van der Waals surface area contributed by atoms with Crippen LogP contribution in [0.4, 0.5) is 5.95 Å². The number of H-pyrrole nitrogens is 1. The number of aryl methyl sites for hydroxylation is 1. The maximum Gasteiger partial charge on any atom is 0.274 e. The average molecular weight is 430 g/mol. The zero-order valence-electron chi connectivity index (χ0n) is 17.9. The lowest BCUT2D eigenvalue weighted by atomic mass is 10.2. The van der Waals surface area contributed by atoms with Gasteiger partial charge in [0.25, 0.3) is 11.5 Å². The number of carbonyl (C=O) groups excluding carboxylic acids is 1. The molecule has 1 aliphatic heterocycles. The molecule has 3 rings (SSSR count). The third-order valence-electron chi connectivity index (χ3n) is 4.56. The molecule has 2 N–H and O–H groups in total. The number of hydrogen-bond donors (Lipinski definition) is 2. The lowest BCUT2D eigenvalue weighted by molar-refractivity contribution is -0.145. The van der Waals surface area contributed by atoms with E-state index in [2.05, 4.69) is 25.7 Å². The molecule has 1 fully saturated rings. The number of hydrazone groups is 1. The maximum absolute atomic E-state index is 12.5. The topological polar surface area (TPSA) is 131 Å². The first-order valence-electron chi connectivity index (χ1n) is 9.82. The third-order valence-corrected chi connectivity index (χ3v) is 4.56. The molecule has 0 bridgehead atoms. The summed E-state index contributed by atoms with van der Waals surface area (Å²) in [5.41, 5.74) is 3.24. The minimum atomic E-state index is -0.341. The van der Waals surface area contributed by atoms with E-state index in [0.29, 0.717) is 30.2 Å². The van der Waals surface area contributed by atoms with Gasteiger partial charge in [-0.15, -0.1) is 10.2 Å². The van der Waals surface area contributed by atoms with Crippen LogP contribution in [0.5, 0.6) is 11.5 Å². The molecule has 2 aromatic rings. The highest BCUT2D eigenvalue weighted by Crippen LogP contribution is 2.27. The molecule has 2 heterocycles. The van der Waals surface area contributed by atoms with Crippen LogP contribution >= 0.6 is 0 Å². The number of amides is 1. The van der Waals surface area contributed by atoms with Crippen LogP contribution in [0.1, 0.15) is 25.1 Å². The lowest BCUT2D eigenvalue weighted by Gasteiger charge is -2.35. The zero-order valence-corrected chi connectivity index (χ0v) is 17.9. The molecular weight excluding hydrogens is 404 g/mol. The van der Waals surface area contributed by atoms with Gasteiger partial charge >= 0.3 is 0 Å². The molecule has 0 radical (unpaired) electrons. The van der Waals surface area contributed by atoms with E-state index < -0.39 is 0 Å². The van der Waals surface area contributed by atoms with Crippen molar-refractivity contribution in [1.29, 1.82) is 0 Å². The molecule has 1 aromatic carbocycles. The van der Waals surface area contributed by atoms with Crippen molar-refractivity contribution in [3.8, 4) is 11.5 Å². The van der Waals surface area contributed by atoms with Gasteiger partial charge in [-0.05, 0) is 44.5 Å². The van der Waals surface area contributed by atoms with Gasteiger partial charge in [-0.2, -0.15) is 5.10 Å². The van der Waals surface area contributed by atoms with Gasteiger partial charge in [0.05, 0.1) is 25.5 Å². The Balaban J connectivity index is 1.59. The van der Waals surface area contributed by atoms with E-state index in [1.807, 2.05) is 13.8 Å². The van der Waals surface area contributed by atoms with Gasteiger partial charge in [0.1, 0.15) is 5.69 Å². The van der Waals surface area contributed by atoms with Crippen LogP contribution < -0.4 is 20.5 Å². The summed E-state index contributed by atoms with van der Waals surface area (Å²) in [6.45, 7) is 6.44. The number of carbonyl (C=O) groups is 1. The fourth-order valence-electron chi connectivity index (χ4n) is 3.11. The molecule has 2 atom stereocenters. The molecule has 1 saturated heterocycles. The highest BCUT2D eigenvalue weighted by atomic mass is 16.5. The minimum absolute atomic E-state index is 0.00173. The second kappa shape index (κ2) is 10.0. The van der Waals surface area contributed by atoms with Crippen molar-refractivity contribution in [3.63, 3.8) is 0 Å². The molecule has 0 saturated carbocycles. The van der Waals surface area contributed by atoms with Crippen LogP contribution in [0.2, 0.25) is 0 Å². The van der Waals surface area contributed by atoms with Gasteiger partial charge < -0.3 is 19.1 Å². The monoisotopic (exact) mass is 430 g/mol. The van der Waals surface area contributed by atoms with E-state index in [-0.39, 0.29) is 41.9 Å². The lowest BCUT2D eigenvalue weighted by Crippen LogP contribution is -2.49. The fourth-order valence-corrected chi connectivity index (χ4v) is 3.11. The fraction of sp³-hybridized carbons (Fsp3) is 0.450. The predicted molar refractivity (Wildman–Crippen MR) is 114 cm³/mol. The van der Waals surface area contributed by atoms with Crippen molar-refractivity contribution in [3.05, 3.63) is 39.8 Å². The number of hydrogen-bond acceptors (Lipinski definition) is 9. The number of nitrogens with zero attached hydrogens (tertiary/aromatic N) is 4. The number of rotatable bonds is 7. The first-order chi connectivity index (χ1) is 14.9. The van der Waals surface area contributed by atoms with E-state index in [1.54, 1.807) is 30.0 Å². The first-order valence-corrected chi connectivity index (χ1v) is 9.82. The molecule has 1 aliphatic rings. The van der Waals surface area contributed by atoms with Gasteiger partial charge in [-0.3, -0.25) is 14.6 Å². The summed E-state index contributed by atoms with van der Waals surface area (Å²) in [7, 11) is 1.52. The van der Waals surface area contributed by atoms with Crippen molar-refractivity contribution in [2.24, 2.45) is 5.10 Å². The van der Waals surface area contributed by atoms with Crippen molar-refractivity contribution in [1.82, 2.24) is 20.1 Å². The molecule has 166 valence electrons. The van der Waals surface area contributed by atoms with Crippen molar-refractivity contribution < 1.29 is 19.0 Å². The Morgan fingerprint density at radius 1 is 1.32 bits per heavy atom. The number of aromatic nitrogens is 3. The normalized spacial score (nSPS) is 18.8. The van der Waals surface area contributed by atoms with Crippen LogP contribution in [-0.4, -0.2) is 71.2 Å². The largest absolute Gasteiger partial charge is 0.493 e. The Morgan fingerprint density at radius 3 is 2.74 bits per heavy atom. The summed E-state index contributed by atoms with van der Waals surface area (Å²) in [5, 5.41) is 11.5. The molecule has 0 aliphatic carbocycles. The van der Waals surface area contributed by atoms with Crippen LogP contribution in [-0.2, 0) is 9.53 Å².